The molecule has 0 bridgehead atoms. The molecular formula is C21H18N2O2S. The van der Waals surface area contributed by atoms with Crippen molar-refractivity contribution in [2.24, 2.45) is 0 Å². The number of carbonyl (C=O) groups excluding carboxylic acids is 1. The van der Waals surface area contributed by atoms with Crippen molar-refractivity contribution in [2.75, 3.05) is 0 Å². The van der Waals surface area contributed by atoms with Gasteiger partial charge in [0.05, 0.1) is 16.6 Å². The molecular weight excluding hydrogens is 344 g/mol. The maximum absolute atomic E-state index is 13.0. The molecule has 0 fully saturated rings. The predicted octanol–water partition coefficient (Wildman–Crippen LogP) is 5.36. The second-order valence-electron chi connectivity index (χ2n) is 6.21. The Balaban J connectivity index is 1.66. The van der Waals surface area contributed by atoms with E-state index in [1.165, 1.54) is 11.3 Å². The average molecular weight is 362 g/mol. The summed E-state index contributed by atoms with van der Waals surface area (Å²) in [5.41, 5.74) is 2.18. The first-order chi connectivity index (χ1) is 12.6. The van der Waals surface area contributed by atoms with E-state index in [1.54, 1.807) is 6.92 Å². The zero-order valence-corrected chi connectivity index (χ0v) is 15.3. The quantitative estimate of drug-likeness (QED) is 0.532. The lowest BCUT2D eigenvalue weighted by Gasteiger charge is -2.16. The molecule has 4 rings (SSSR count). The summed E-state index contributed by atoms with van der Waals surface area (Å²) < 4.78 is 5.42. The zero-order chi connectivity index (χ0) is 18.1. The summed E-state index contributed by atoms with van der Waals surface area (Å²) in [6, 6.07) is 18.0. The third-order valence-corrected chi connectivity index (χ3v) is 5.34. The van der Waals surface area contributed by atoms with E-state index in [0.29, 0.717) is 17.0 Å². The van der Waals surface area contributed by atoms with E-state index in [4.69, 9.17) is 4.52 Å². The van der Waals surface area contributed by atoms with E-state index >= 15 is 0 Å². The molecule has 2 heterocycles. The molecule has 130 valence electrons. The molecule has 4 nitrogen and oxygen atoms in total. The van der Waals surface area contributed by atoms with Gasteiger partial charge in [0, 0.05) is 0 Å². The number of fused-ring (bicyclic) bond motifs is 1. The van der Waals surface area contributed by atoms with Crippen LogP contribution in [0.1, 0.15) is 34.6 Å². The molecule has 26 heavy (non-hydrogen) atoms. The summed E-state index contributed by atoms with van der Waals surface area (Å²) in [5.74, 6) is 0.354. The van der Waals surface area contributed by atoms with Gasteiger partial charge in [-0.1, -0.05) is 53.7 Å². The van der Waals surface area contributed by atoms with Crippen molar-refractivity contribution in [2.45, 2.75) is 19.9 Å². The first-order valence-electron chi connectivity index (χ1n) is 8.44. The minimum absolute atomic E-state index is 0.140. The van der Waals surface area contributed by atoms with Crippen molar-refractivity contribution >= 4 is 28.0 Å². The lowest BCUT2D eigenvalue weighted by Crippen LogP contribution is -2.27. The van der Waals surface area contributed by atoms with Crippen LogP contribution >= 0.6 is 11.3 Å². The fourth-order valence-electron chi connectivity index (χ4n) is 3.19. The Hall–Kier alpha value is -2.92. The van der Waals surface area contributed by atoms with Gasteiger partial charge in [-0.05, 0) is 41.6 Å². The molecule has 0 aliphatic rings. The number of carbonyl (C=O) groups is 1. The average Bonchev–Trinajstić information content (AvgIpc) is 3.30. The number of nitrogens with zero attached hydrogens (tertiary/aromatic N) is 1. The molecule has 1 amide bonds. The van der Waals surface area contributed by atoms with E-state index in [-0.39, 0.29) is 11.9 Å². The Morgan fingerprint density at radius 2 is 1.92 bits per heavy atom. The van der Waals surface area contributed by atoms with Crippen LogP contribution in [0.2, 0.25) is 0 Å². The second-order valence-corrected chi connectivity index (χ2v) is 7.16. The molecule has 1 N–H and O–H groups in total. The highest BCUT2D eigenvalue weighted by molar-refractivity contribution is 7.13. The van der Waals surface area contributed by atoms with Crippen LogP contribution in [-0.4, -0.2) is 11.1 Å². The van der Waals surface area contributed by atoms with Gasteiger partial charge in [-0.15, -0.1) is 11.3 Å². The fourth-order valence-corrected chi connectivity index (χ4v) is 3.89. The van der Waals surface area contributed by atoms with Crippen molar-refractivity contribution in [1.29, 1.82) is 0 Å². The van der Waals surface area contributed by atoms with Crippen LogP contribution in [0.5, 0.6) is 0 Å². The number of thiophene rings is 1. The minimum atomic E-state index is -0.174. The molecule has 2 aromatic heterocycles. The Morgan fingerprint density at radius 1 is 1.12 bits per heavy atom. The standard InChI is InChI=1S/C21H18N2O2S/c1-13(16-10-5-8-15-7-3-4-9-17(15)16)22-21(24)19-14(2)23-25-20(19)18-11-6-12-26-18/h3-13H,1-2H3,(H,22,24)/t13-/m1/s1. The van der Waals surface area contributed by atoms with Gasteiger partial charge in [0.25, 0.3) is 5.91 Å². The molecule has 0 radical (unpaired) electrons. The maximum Gasteiger partial charge on any atom is 0.257 e. The van der Waals surface area contributed by atoms with E-state index in [2.05, 4.69) is 28.7 Å². The smallest absolute Gasteiger partial charge is 0.257 e. The van der Waals surface area contributed by atoms with E-state index in [0.717, 1.165) is 21.2 Å². The number of rotatable bonds is 4. The Bertz CT molecular complexity index is 1060. The third-order valence-electron chi connectivity index (χ3n) is 4.47. The van der Waals surface area contributed by atoms with Crippen LogP contribution in [0.15, 0.2) is 64.5 Å². The highest BCUT2D eigenvalue weighted by Crippen LogP contribution is 2.31. The van der Waals surface area contributed by atoms with Crippen molar-refractivity contribution < 1.29 is 9.32 Å². The fraction of sp³-hybridized carbons (Fsp3) is 0.143. The molecule has 2 aromatic carbocycles. The van der Waals surface area contributed by atoms with E-state index in [9.17, 15) is 4.79 Å². The summed E-state index contributed by atoms with van der Waals surface area (Å²) in [5, 5.41) is 11.3. The second kappa shape index (κ2) is 6.77. The highest BCUT2D eigenvalue weighted by Gasteiger charge is 2.24. The summed E-state index contributed by atoms with van der Waals surface area (Å²) in [7, 11) is 0. The van der Waals surface area contributed by atoms with Gasteiger partial charge < -0.3 is 9.84 Å². The largest absolute Gasteiger partial charge is 0.354 e. The van der Waals surface area contributed by atoms with Crippen LogP contribution in [0.3, 0.4) is 0 Å². The van der Waals surface area contributed by atoms with Gasteiger partial charge in [0.1, 0.15) is 5.56 Å². The SMILES string of the molecule is Cc1noc(-c2cccs2)c1C(=O)N[C@H](C)c1cccc2ccccc12. The Kier molecular flexibility index (Phi) is 4.31. The van der Waals surface area contributed by atoms with Gasteiger partial charge in [-0.3, -0.25) is 4.79 Å². The normalized spacial score (nSPS) is 12.2. The van der Waals surface area contributed by atoms with Crippen LogP contribution in [-0.2, 0) is 0 Å². The van der Waals surface area contributed by atoms with Crippen molar-refractivity contribution in [3.8, 4) is 10.6 Å². The Labute approximate surface area is 155 Å². The molecule has 0 aliphatic heterocycles. The van der Waals surface area contributed by atoms with Crippen LogP contribution < -0.4 is 5.32 Å². The molecule has 0 spiro atoms. The molecule has 5 heteroatoms. The van der Waals surface area contributed by atoms with Crippen LogP contribution in [0.4, 0.5) is 0 Å². The van der Waals surface area contributed by atoms with E-state index in [1.807, 2.05) is 48.7 Å². The lowest BCUT2D eigenvalue weighted by atomic mass is 9.99. The number of nitrogens with one attached hydrogen (secondary N) is 1. The van der Waals surface area contributed by atoms with Crippen molar-refractivity contribution in [1.82, 2.24) is 10.5 Å². The van der Waals surface area contributed by atoms with Gasteiger partial charge in [-0.2, -0.15) is 0 Å². The molecule has 0 unspecified atom stereocenters. The number of hydrogen-bond donors (Lipinski definition) is 1. The molecule has 0 saturated carbocycles. The number of aromatic nitrogens is 1. The topological polar surface area (TPSA) is 55.1 Å². The zero-order valence-electron chi connectivity index (χ0n) is 14.5. The number of hydrogen-bond acceptors (Lipinski definition) is 4. The molecule has 0 aliphatic carbocycles. The van der Waals surface area contributed by atoms with Crippen molar-refractivity contribution in [3.63, 3.8) is 0 Å². The van der Waals surface area contributed by atoms with Gasteiger partial charge in [0.15, 0.2) is 5.76 Å². The summed E-state index contributed by atoms with van der Waals surface area (Å²) in [6.45, 7) is 3.78. The van der Waals surface area contributed by atoms with Crippen molar-refractivity contribution in [3.05, 3.63) is 76.8 Å². The predicted molar refractivity (Wildman–Crippen MR) is 104 cm³/mol. The molecule has 0 saturated heterocycles. The summed E-state index contributed by atoms with van der Waals surface area (Å²) in [6.07, 6.45) is 0. The first kappa shape index (κ1) is 16.5. The van der Waals surface area contributed by atoms with E-state index < -0.39 is 0 Å². The number of amides is 1. The summed E-state index contributed by atoms with van der Waals surface area (Å²) in [4.78, 5) is 13.9. The van der Waals surface area contributed by atoms with Crippen LogP contribution in [0.25, 0.3) is 21.4 Å². The third kappa shape index (κ3) is 2.91. The minimum Gasteiger partial charge on any atom is -0.354 e. The maximum atomic E-state index is 13.0. The summed E-state index contributed by atoms with van der Waals surface area (Å²) >= 11 is 1.52. The molecule has 1 atom stereocenters. The lowest BCUT2D eigenvalue weighted by molar-refractivity contribution is 0.0940. The highest BCUT2D eigenvalue weighted by atomic mass is 32.1. The van der Waals surface area contributed by atoms with Gasteiger partial charge >= 0.3 is 0 Å². The monoisotopic (exact) mass is 362 g/mol. The number of aryl methyl sites for hydroxylation is 1. The Morgan fingerprint density at radius 3 is 2.73 bits per heavy atom. The van der Waals surface area contributed by atoms with Gasteiger partial charge in [-0.25, -0.2) is 0 Å². The van der Waals surface area contributed by atoms with Gasteiger partial charge in [0.2, 0.25) is 0 Å². The number of benzene rings is 2. The first-order valence-corrected chi connectivity index (χ1v) is 9.32. The molecule has 4 aromatic rings. The van der Waals surface area contributed by atoms with Crippen LogP contribution in [0, 0.1) is 6.92 Å².